The first-order chi connectivity index (χ1) is 11.2. The molecule has 0 radical (unpaired) electrons. The van der Waals surface area contributed by atoms with E-state index in [1.807, 2.05) is 5.38 Å². The van der Waals surface area contributed by atoms with Crippen molar-refractivity contribution in [2.45, 2.75) is 12.5 Å². The molecule has 118 valence electrons. The smallest absolute Gasteiger partial charge is 0.261 e. The molecular weight excluding hydrogens is 333 g/mol. The fourth-order valence-corrected chi connectivity index (χ4v) is 4.43. The number of nitrogens with zero attached hydrogens (tertiary/aromatic N) is 2. The van der Waals surface area contributed by atoms with E-state index in [0.29, 0.717) is 4.88 Å². The van der Waals surface area contributed by atoms with Crippen molar-refractivity contribution in [3.8, 4) is 0 Å². The van der Waals surface area contributed by atoms with Crippen molar-refractivity contribution in [1.29, 1.82) is 0 Å². The third kappa shape index (κ3) is 2.94. The van der Waals surface area contributed by atoms with Crippen LogP contribution in [-0.4, -0.2) is 30.0 Å². The van der Waals surface area contributed by atoms with E-state index in [9.17, 15) is 9.18 Å². The Kier molecular flexibility index (Phi) is 3.74. The summed E-state index contributed by atoms with van der Waals surface area (Å²) in [7, 11) is 0. The van der Waals surface area contributed by atoms with Gasteiger partial charge in [0.15, 0.2) is 5.13 Å². The minimum atomic E-state index is -0.280. The Bertz CT molecular complexity index is 846. The lowest BCUT2D eigenvalue weighted by Crippen LogP contribution is -2.36. The highest BCUT2D eigenvalue weighted by molar-refractivity contribution is 7.20. The highest BCUT2D eigenvalue weighted by Crippen LogP contribution is 2.27. The lowest BCUT2D eigenvalue weighted by atomic mass is 10.2. The number of carbonyl (C=O) groups is 1. The van der Waals surface area contributed by atoms with Crippen LogP contribution in [0.3, 0.4) is 0 Å². The topological polar surface area (TPSA) is 45.2 Å². The van der Waals surface area contributed by atoms with Gasteiger partial charge in [-0.15, -0.1) is 22.7 Å². The summed E-state index contributed by atoms with van der Waals surface area (Å²) in [4.78, 5) is 19.5. The van der Waals surface area contributed by atoms with Gasteiger partial charge in [-0.1, -0.05) is 0 Å². The first-order valence-corrected chi connectivity index (χ1v) is 9.03. The van der Waals surface area contributed by atoms with Crippen molar-refractivity contribution in [2.24, 2.45) is 0 Å². The molecule has 3 aromatic rings. The number of hydrogen-bond donors (Lipinski definition) is 1. The van der Waals surface area contributed by atoms with Gasteiger partial charge in [-0.05, 0) is 36.1 Å². The lowest BCUT2D eigenvalue weighted by Gasteiger charge is -2.15. The number of halogens is 1. The summed E-state index contributed by atoms with van der Waals surface area (Å²) in [6, 6.07) is 6.47. The van der Waals surface area contributed by atoms with Crippen LogP contribution in [-0.2, 0) is 0 Å². The second-order valence-electron chi connectivity index (χ2n) is 5.51. The molecule has 0 bridgehead atoms. The van der Waals surface area contributed by atoms with Crippen LogP contribution < -0.4 is 10.2 Å². The molecule has 1 amide bonds. The average molecular weight is 347 g/mol. The van der Waals surface area contributed by atoms with E-state index in [4.69, 9.17) is 0 Å². The van der Waals surface area contributed by atoms with E-state index >= 15 is 0 Å². The number of anilines is 1. The van der Waals surface area contributed by atoms with Gasteiger partial charge in [-0.2, -0.15) is 0 Å². The standard InChI is InChI=1S/C16H14FN3OS2/c17-11-1-2-13-10(7-11)8-14(23-13)15(21)19-12-3-5-20(9-12)16-18-4-6-22-16/h1-2,4,6-8,12H,3,5,9H2,(H,19,21). The van der Waals surface area contributed by atoms with E-state index in [1.165, 1.54) is 23.5 Å². The predicted molar refractivity (Wildman–Crippen MR) is 92.0 cm³/mol. The van der Waals surface area contributed by atoms with E-state index < -0.39 is 0 Å². The molecule has 1 saturated heterocycles. The van der Waals surface area contributed by atoms with E-state index in [1.54, 1.807) is 29.7 Å². The Hall–Kier alpha value is -1.99. The maximum absolute atomic E-state index is 13.2. The van der Waals surface area contributed by atoms with Gasteiger partial charge in [-0.3, -0.25) is 4.79 Å². The Morgan fingerprint density at radius 2 is 2.30 bits per heavy atom. The van der Waals surface area contributed by atoms with Crippen molar-refractivity contribution in [2.75, 3.05) is 18.0 Å². The van der Waals surface area contributed by atoms with Crippen LogP contribution in [0.25, 0.3) is 10.1 Å². The molecular formula is C16H14FN3OS2. The molecule has 0 spiro atoms. The van der Waals surface area contributed by atoms with Crippen LogP contribution in [0.5, 0.6) is 0 Å². The van der Waals surface area contributed by atoms with E-state index in [0.717, 1.165) is 34.7 Å². The van der Waals surface area contributed by atoms with Crippen molar-refractivity contribution in [1.82, 2.24) is 10.3 Å². The summed E-state index contributed by atoms with van der Waals surface area (Å²) >= 11 is 3.00. The molecule has 1 aliphatic rings. The zero-order chi connectivity index (χ0) is 15.8. The second kappa shape index (κ2) is 5.90. The van der Waals surface area contributed by atoms with Gasteiger partial charge >= 0.3 is 0 Å². The summed E-state index contributed by atoms with van der Waals surface area (Å²) in [5.41, 5.74) is 0. The first kappa shape index (κ1) is 14.6. The summed E-state index contributed by atoms with van der Waals surface area (Å²) in [5.74, 6) is -0.366. The normalized spacial score (nSPS) is 17.8. The summed E-state index contributed by atoms with van der Waals surface area (Å²) < 4.78 is 14.2. The third-order valence-corrected chi connectivity index (χ3v) is 5.86. The number of fused-ring (bicyclic) bond motifs is 1. The number of rotatable bonds is 3. The van der Waals surface area contributed by atoms with Crippen LogP contribution in [0.15, 0.2) is 35.8 Å². The number of amides is 1. The molecule has 4 rings (SSSR count). The van der Waals surface area contributed by atoms with Crippen molar-refractivity contribution < 1.29 is 9.18 Å². The van der Waals surface area contributed by atoms with Crippen molar-refractivity contribution in [3.63, 3.8) is 0 Å². The Labute approximate surface area is 140 Å². The van der Waals surface area contributed by atoms with Crippen molar-refractivity contribution in [3.05, 3.63) is 46.5 Å². The number of hydrogen-bond acceptors (Lipinski definition) is 5. The molecule has 1 aromatic carbocycles. The molecule has 1 atom stereocenters. The molecule has 4 nitrogen and oxygen atoms in total. The van der Waals surface area contributed by atoms with Gasteiger partial charge in [0.1, 0.15) is 5.82 Å². The maximum Gasteiger partial charge on any atom is 0.261 e. The van der Waals surface area contributed by atoms with Gasteiger partial charge in [0, 0.05) is 35.4 Å². The monoisotopic (exact) mass is 347 g/mol. The number of thiazole rings is 1. The number of nitrogens with one attached hydrogen (secondary N) is 1. The molecule has 1 N–H and O–H groups in total. The fourth-order valence-electron chi connectivity index (χ4n) is 2.81. The summed E-state index contributed by atoms with van der Waals surface area (Å²) in [5, 5.41) is 6.80. The van der Waals surface area contributed by atoms with Gasteiger partial charge < -0.3 is 10.2 Å². The molecule has 1 fully saturated rings. The maximum atomic E-state index is 13.2. The van der Waals surface area contributed by atoms with Gasteiger partial charge in [0.05, 0.1) is 4.88 Å². The highest BCUT2D eigenvalue weighted by atomic mass is 32.1. The highest BCUT2D eigenvalue weighted by Gasteiger charge is 2.26. The third-order valence-electron chi connectivity index (χ3n) is 3.92. The zero-order valence-electron chi connectivity index (χ0n) is 12.2. The largest absolute Gasteiger partial charge is 0.347 e. The van der Waals surface area contributed by atoms with E-state index in [2.05, 4.69) is 15.2 Å². The molecule has 23 heavy (non-hydrogen) atoms. The molecule has 3 heterocycles. The Balaban J connectivity index is 1.45. The number of aromatic nitrogens is 1. The van der Waals surface area contributed by atoms with Gasteiger partial charge in [0.25, 0.3) is 5.91 Å². The Morgan fingerprint density at radius 3 is 3.13 bits per heavy atom. The SMILES string of the molecule is O=C(NC1CCN(c2nccs2)C1)c1cc2cc(F)ccc2s1. The molecule has 0 saturated carbocycles. The van der Waals surface area contributed by atoms with E-state index in [-0.39, 0.29) is 17.8 Å². The Morgan fingerprint density at radius 1 is 1.39 bits per heavy atom. The van der Waals surface area contributed by atoms with Crippen LogP contribution in [0.2, 0.25) is 0 Å². The summed E-state index contributed by atoms with van der Waals surface area (Å²) in [6.07, 6.45) is 2.70. The van der Waals surface area contributed by atoms with Gasteiger partial charge in [-0.25, -0.2) is 9.37 Å². The molecule has 7 heteroatoms. The summed E-state index contributed by atoms with van der Waals surface area (Å²) in [6.45, 7) is 1.68. The minimum Gasteiger partial charge on any atom is -0.347 e. The van der Waals surface area contributed by atoms with Crippen LogP contribution in [0.4, 0.5) is 9.52 Å². The minimum absolute atomic E-state index is 0.0856. The zero-order valence-corrected chi connectivity index (χ0v) is 13.8. The average Bonchev–Trinajstić information content (AvgIpc) is 3.26. The van der Waals surface area contributed by atoms with Crippen molar-refractivity contribution >= 4 is 43.8 Å². The van der Waals surface area contributed by atoms with Crippen LogP contribution >= 0.6 is 22.7 Å². The second-order valence-corrected chi connectivity index (χ2v) is 7.47. The molecule has 1 aliphatic heterocycles. The molecule has 2 aromatic heterocycles. The number of benzene rings is 1. The number of thiophene rings is 1. The van der Waals surface area contributed by atoms with Gasteiger partial charge in [0.2, 0.25) is 0 Å². The molecule has 0 aliphatic carbocycles. The van der Waals surface area contributed by atoms with Crippen LogP contribution in [0, 0.1) is 5.82 Å². The molecule has 1 unspecified atom stereocenters. The lowest BCUT2D eigenvalue weighted by molar-refractivity contribution is 0.0944. The number of carbonyl (C=O) groups excluding carboxylic acids is 1. The predicted octanol–water partition coefficient (Wildman–Crippen LogP) is 3.51. The van der Waals surface area contributed by atoms with Crippen LogP contribution in [0.1, 0.15) is 16.1 Å². The first-order valence-electron chi connectivity index (χ1n) is 7.33. The quantitative estimate of drug-likeness (QED) is 0.789. The fraction of sp³-hybridized carbons (Fsp3) is 0.250.